The molecule has 0 aliphatic rings. The minimum Gasteiger partial charge on any atom is -0.462 e. The van der Waals surface area contributed by atoms with Gasteiger partial charge in [-0.15, -0.1) is 0 Å². The van der Waals surface area contributed by atoms with Crippen molar-refractivity contribution in [3.8, 4) is 0 Å². The van der Waals surface area contributed by atoms with Gasteiger partial charge in [-0.2, -0.15) is 0 Å². The van der Waals surface area contributed by atoms with E-state index in [9.17, 15) is 14.4 Å². The lowest BCUT2D eigenvalue weighted by atomic mass is 10.0. The van der Waals surface area contributed by atoms with Crippen LogP contribution < -0.4 is 0 Å². The first kappa shape index (κ1) is 54.9. The molecule has 1 unspecified atom stereocenters. The molecule has 58 heavy (non-hydrogen) atoms. The van der Waals surface area contributed by atoms with Gasteiger partial charge in [-0.1, -0.05) is 196 Å². The minimum absolute atomic E-state index is 0.0971. The molecule has 0 aromatic heterocycles. The van der Waals surface area contributed by atoms with Crippen LogP contribution in [0.25, 0.3) is 0 Å². The van der Waals surface area contributed by atoms with Crippen LogP contribution in [0.15, 0.2) is 72.9 Å². The van der Waals surface area contributed by atoms with E-state index in [4.69, 9.17) is 14.2 Å². The lowest BCUT2D eigenvalue weighted by molar-refractivity contribution is -0.167. The summed E-state index contributed by atoms with van der Waals surface area (Å²) in [6.45, 7) is 6.34. The highest BCUT2D eigenvalue weighted by molar-refractivity contribution is 5.71. The topological polar surface area (TPSA) is 78.9 Å². The molecule has 0 aliphatic carbocycles. The van der Waals surface area contributed by atoms with Crippen molar-refractivity contribution in [2.45, 2.75) is 226 Å². The first-order valence-corrected chi connectivity index (χ1v) is 23.9. The molecule has 0 bridgehead atoms. The van der Waals surface area contributed by atoms with Gasteiger partial charge in [0.2, 0.25) is 0 Å². The molecule has 0 aliphatic heterocycles. The highest BCUT2D eigenvalue weighted by Gasteiger charge is 2.19. The van der Waals surface area contributed by atoms with E-state index in [2.05, 4.69) is 93.7 Å². The maximum atomic E-state index is 12.7. The Labute approximate surface area is 357 Å². The highest BCUT2D eigenvalue weighted by Crippen LogP contribution is 2.14. The summed E-state index contributed by atoms with van der Waals surface area (Å²) in [4.78, 5) is 37.8. The SMILES string of the molecule is CC/C=C\C/C=C\C/C=C\CCCCCCCCC(=O)OCC(COC(=O)CCC/C=C\C/C=C\C/C=C\CC)OC(=O)CCCCCCCCCCCCCCC. The third-order valence-corrected chi connectivity index (χ3v) is 9.96. The van der Waals surface area contributed by atoms with E-state index in [1.54, 1.807) is 0 Å². The summed E-state index contributed by atoms with van der Waals surface area (Å²) in [7, 11) is 0. The Bertz CT molecular complexity index is 1110. The van der Waals surface area contributed by atoms with Crippen molar-refractivity contribution in [1.82, 2.24) is 0 Å². The lowest BCUT2D eigenvalue weighted by Gasteiger charge is -2.18. The van der Waals surface area contributed by atoms with Crippen LogP contribution >= 0.6 is 0 Å². The number of rotatable bonds is 42. The second-order valence-electron chi connectivity index (χ2n) is 15.6. The van der Waals surface area contributed by atoms with Crippen LogP contribution in [0, 0.1) is 0 Å². The highest BCUT2D eigenvalue weighted by atomic mass is 16.6. The molecule has 1 atom stereocenters. The summed E-state index contributed by atoms with van der Waals surface area (Å²) in [5.74, 6) is -0.967. The summed E-state index contributed by atoms with van der Waals surface area (Å²) < 4.78 is 16.7. The van der Waals surface area contributed by atoms with E-state index in [1.165, 1.54) is 83.5 Å². The molecule has 0 aromatic rings. The van der Waals surface area contributed by atoms with Crippen molar-refractivity contribution in [1.29, 1.82) is 0 Å². The molecule has 0 N–H and O–H groups in total. The Morgan fingerprint density at radius 3 is 1.12 bits per heavy atom. The average molecular weight is 809 g/mol. The van der Waals surface area contributed by atoms with Crippen molar-refractivity contribution in [2.24, 2.45) is 0 Å². The molecule has 0 heterocycles. The van der Waals surface area contributed by atoms with Gasteiger partial charge in [0, 0.05) is 19.3 Å². The molecule has 332 valence electrons. The Morgan fingerprint density at radius 1 is 0.362 bits per heavy atom. The minimum atomic E-state index is -0.797. The van der Waals surface area contributed by atoms with Crippen molar-refractivity contribution in [3.05, 3.63) is 72.9 Å². The second-order valence-corrected chi connectivity index (χ2v) is 15.6. The van der Waals surface area contributed by atoms with Gasteiger partial charge in [0.25, 0.3) is 0 Å². The Balaban J connectivity index is 4.43. The molecular weight excluding hydrogens is 721 g/mol. The summed E-state index contributed by atoms with van der Waals surface area (Å²) >= 11 is 0. The summed E-state index contributed by atoms with van der Waals surface area (Å²) in [5.41, 5.74) is 0. The lowest BCUT2D eigenvalue weighted by Crippen LogP contribution is -2.30. The summed E-state index contributed by atoms with van der Waals surface area (Å²) in [5, 5.41) is 0. The predicted molar refractivity (Wildman–Crippen MR) is 247 cm³/mol. The largest absolute Gasteiger partial charge is 0.462 e. The Morgan fingerprint density at radius 2 is 0.690 bits per heavy atom. The number of esters is 3. The third kappa shape index (κ3) is 44.0. The molecular formula is C52H88O6. The monoisotopic (exact) mass is 809 g/mol. The fourth-order valence-corrected chi connectivity index (χ4v) is 6.42. The summed E-state index contributed by atoms with van der Waals surface area (Å²) in [6, 6.07) is 0. The quantitative estimate of drug-likeness (QED) is 0.0264. The first-order chi connectivity index (χ1) is 28.5. The van der Waals surface area contributed by atoms with Crippen molar-refractivity contribution >= 4 is 17.9 Å². The zero-order chi connectivity index (χ0) is 42.3. The van der Waals surface area contributed by atoms with Crippen LogP contribution in [0.1, 0.15) is 220 Å². The number of allylic oxidation sites excluding steroid dienone is 12. The Hall–Kier alpha value is -3.15. The number of carbonyl (C=O) groups is 3. The van der Waals surface area contributed by atoms with Gasteiger partial charge in [-0.05, 0) is 77.0 Å². The molecule has 0 fully saturated rings. The fraction of sp³-hybridized carbons (Fsp3) is 0.712. The smallest absolute Gasteiger partial charge is 0.306 e. The van der Waals surface area contributed by atoms with Gasteiger partial charge in [-0.3, -0.25) is 14.4 Å². The zero-order valence-corrected chi connectivity index (χ0v) is 37.8. The van der Waals surface area contributed by atoms with Crippen LogP contribution in [-0.4, -0.2) is 37.2 Å². The van der Waals surface area contributed by atoms with E-state index in [1.807, 2.05) is 0 Å². The van der Waals surface area contributed by atoms with Crippen molar-refractivity contribution in [3.63, 3.8) is 0 Å². The van der Waals surface area contributed by atoms with Crippen LogP contribution in [0.3, 0.4) is 0 Å². The van der Waals surface area contributed by atoms with Gasteiger partial charge in [0.05, 0.1) is 0 Å². The molecule has 0 rings (SSSR count). The molecule has 0 aromatic carbocycles. The van der Waals surface area contributed by atoms with Gasteiger partial charge in [-0.25, -0.2) is 0 Å². The second kappa shape index (κ2) is 46.5. The van der Waals surface area contributed by atoms with E-state index in [0.29, 0.717) is 19.3 Å². The molecule has 0 spiro atoms. The number of hydrogen-bond acceptors (Lipinski definition) is 6. The zero-order valence-electron chi connectivity index (χ0n) is 37.8. The average Bonchev–Trinajstić information content (AvgIpc) is 3.22. The van der Waals surface area contributed by atoms with Gasteiger partial charge >= 0.3 is 17.9 Å². The van der Waals surface area contributed by atoms with Crippen molar-refractivity contribution < 1.29 is 28.6 Å². The van der Waals surface area contributed by atoms with Crippen LogP contribution in [0.4, 0.5) is 0 Å². The van der Waals surface area contributed by atoms with E-state index in [-0.39, 0.29) is 37.5 Å². The molecule has 6 nitrogen and oxygen atoms in total. The molecule has 0 saturated carbocycles. The first-order valence-electron chi connectivity index (χ1n) is 23.9. The van der Waals surface area contributed by atoms with E-state index < -0.39 is 6.10 Å². The number of hydrogen-bond donors (Lipinski definition) is 0. The molecule has 0 amide bonds. The van der Waals surface area contributed by atoms with Crippen LogP contribution in [0.5, 0.6) is 0 Å². The van der Waals surface area contributed by atoms with Gasteiger partial charge in [0.1, 0.15) is 13.2 Å². The van der Waals surface area contributed by atoms with E-state index in [0.717, 1.165) is 89.9 Å². The fourth-order valence-electron chi connectivity index (χ4n) is 6.42. The normalized spacial score (nSPS) is 12.7. The number of ether oxygens (including phenoxy) is 3. The van der Waals surface area contributed by atoms with Crippen LogP contribution in [0.2, 0.25) is 0 Å². The van der Waals surface area contributed by atoms with Crippen molar-refractivity contribution in [2.75, 3.05) is 13.2 Å². The Kier molecular flexibility index (Phi) is 44.0. The molecule has 6 heteroatoms. The maximum absolute atomic E-state index is 12.7. The number of carbonyl (C=O) groups excluding carboxylic acids is 3. The van der Waals surface area contributed by atoms with Gasteiger partial charge in [0.15, 0.2) is 6.10 Å². The van der Waals surface area contributed by atoms with Gasteiger partial charge < -0.3 is 14.2 Å². The predicted octanol–water partition coefficient (Wildman–Crippen LogP) is 15.5. The molecule has 0 saturated heterocycles. The van der Waals surface area contributed by atoms with E-state index >= 15 is 0 Å². The molecule has 0 radical (unpaired) electrons. The van der Waals surface area contributed by atoms with Crippen LogP contribution in [-0.2, 0) is 28.6 Å². The summed E-state index contributed by atoms with van der Waals surface area (Å²) in [6.07, 6.45) is 57.5. The third-order valence-electron chi connectivity index (χ3n) is 9.96. The standard InChI is InChI=1S/C52H88O6/c1-4-7-10-13-16-19-22-24-25-26-28-30-33-36-39-42-45-51(54)57-48-49(47-56-50(53)44-41-38-35-32-29-21-18-15-12-9-6-3)58-52(55)46-43-40-37-34-31-27-23-20-17-14-11-8-5-2/h7,9-10,12,16,18-19,21,24-25,32,35,49H,4-6,8,11,13-15,17,20,22-23,26-31,33-34,36-48H2,1-3H3/b10-7-,12-9-,19-16-,21-18-,25-24-,35-32-. The maximum Gasteiger partial charge on any atom is 0.306 e. The number of unbranched alkanes of at least 4 members (excludes halogenated alkanes) is 19.